The van der Waals surface area contributed by atoms with E-state index in [1.807, 2.05) is 0 Å². The van der Waals surface area contributed by atoms with Crippen LogP contribution in [0.5, 0.6) is 0 Å². The Balaban J connectivity index is 2.26. The van der Waals surface area contributed by atoms with Crippen molar-refractivity contribution in [1.29, 1.82) is 0 Å². The smallest absolute Gasteiger partial charge is 0.258 e. The standard InChI is InChI=1S/C13H10BrClFN3O/c1-17-12-11(16)8(4-5-18-12)13(20)19-7-2-3-9(14)10(15)6-7/h2-6H,1H3,(H,17,18)(H,19,20). The molecule has 4 nitrogen and oxygen atoms in total. The summed E-state index contributed by atoms with van der Waals surface area (Å²) in [5.74, 6) is -1.25. The van der Waals surface area contributed by atoms with Gasteiger partial charge in [0.1, 0.15) is 0 Å². The lowest BCUT2D eigenvalue weighted by atomic mass is 10.2. The summed E-state index contributed by atoms with van der Waals surface area (Å²) in [5, 5.41) is 5.61. The van der Waals surface area contributed by atoms with E-state index in [9.17, 15) is 9.18 Å². The molecule has 2 rings (SSSR count). The summed E-state index contributed by atoms with van der Waals surface area (Å²) in [6.07, 6.45) is 1.36. The monoisotopic (exact) mass is 357 g/mol. The molecule has 0 saturated heterocycles. The minimum Gasteiger partial charge on any atom is -0.371 e. The van der Waals surface area contributed by atoms with Crippen LogP contribution in [0.3, 0.4) is 0 Å². The van der Waals surface area contributed by atoms with Crippen LogP contribution in [0.2, 0.25) is 5.02 Å². The van der Waals surface area contributed by atoms with Gasteiger partial charge in [-0.1, -0.05) is 11.6 Å². The van der Waals surface area contributed by atoms with Crippen LogP contribution in [-0.2, 0) is 0 Å². The molecule has 0 aliphatic heterocycles. The molecule has 0 radical (unpaired) electrons. The third kappa shape index (κ3) is 3.08. The van der Waals surface area contributed by atoms with Gasteiger partial charge in [-0.3, -0.25) is 4.79 Å². The molecule has 1 aromatic carbocycles. The largest absolute Gasteiger partial charge is 0.371 e. The first-order valence-corrected chi connectivity index (χ1v) is 6.78. The van der Waals surface area contributed by atoms with Crippen molar-refractivity contribution >= 4 is 44.9 Å². The van der Waals surface area contributed by atoms with Crippen LogP contribution in [0.1, 0.15) is 10.4 Å². The predicted molar refractivity (Wildman–Crippen MR) is 80.8 cm³/mol. The van der Waals surface area contributed by atoms with Crippen LogP contribution in [0, 0.1) is 5.82 Å². The molecular weight excluding hydrogens is 349 g/mol. The van der Waals surface area contributed by atoms with E-state index in [1.54, 1.807) is 18.2 Å². The van der Waals surface area contributed by atoms with E-state index >= 15 is 0 Å². The maximum Gasteiger partial charge on any atom is 0.258 e. The number of anilines is 2. The lowest BCUT2D eigenvalue weighted by Gasteiger charge is -2.09. The van der Waals surface area contributed by atoms with Crippen molar-refractivity contribution in [3.8, 4) is 0 Å². The fourth-order valence-corrected chi connectivity index (χ4v) is 1.99. The normalized spacial score (nSPS) is 10.2. The summed E-state index contributed by atoms with van der Waals surface area (Å²) in [6.45, 7) is 0. The minimum atomic E-state index is -0.698. The number of benzene rings is 1. The van der Waals surface area contributed by atoms with Gasteiger partial charge in [0.15, 0.2) is 11.6 Å². The fourth-order valence-electron chi connectivity index (χ4n) is 1.57. The molecule has 0 bridgehead atoms. The van der Waals surface area contributed by atoms with Gasteiger partial charge in [0.05, 0.1) is 10.6 Å². The first-order chi connectivity index (χ1) is 9.52. The Morgan fingerprint density at radius 1 is 1.40 bits per heavy atom. The molecule has 20 heavy (non-hydrogen) atoms. The van der Waals surface area contributed by atoms with Crippen LogP contribution in [0.15, 0.2) is 34.9 Å². The number of halogens is 3. The molecule has 0 atom stereocenters. The van der Waals surface area contributed by atoms with Crippen molar-refractivity contribution in [3.05, 3.63) is 51.3 Å². The average Bonchev–Trinajstić information content (AvgIpc) is 2.43. The number of pyridine rings is 1. The van der Waals surface area contributed by atoms with Gasteiger partial charge in [0, 0.05) is 23.4 Å². The van der Waals surface area contributed by atoms with E-state index in [0.717, 1.165) is 0 Å². The quantitative estimate of drug-likeness (QED) is 0.874. The molecular formula is C13H10BrClFN3O. The number of rotatable bonds is 3. The number of amides is 1. The van der Waals surface area contributed by atoms with E-state index in [4.69, 9.17) is 11.6 Å². The highest BCUT2D eigenvalue weighted by molar-refractivity contribution is 9.10. The third-order valence-electron chi connectivity index (χ3n) is 2.55. The molecule has 1 amide bonds. The number of nitrogens with zero attached hydrogens (tertiary/aromatic N) is 1. The van der Waals surface area contributed by atoms with Crippen molar-refractivity contribution in [1.82, 2.24) is 4.98 Å². The maximum absolute atomic E-state index is 14.0. The Morgan fingerprint density at radius 3 is 2.80 bits per heavy atom. The van der Waals surface area contributed by atoms with E-state index in [-0.39, 0.29) is 11.4 Å². The first-order valence-electron chi connectivity index (χ1n) is 5.61. The topological polar surface area (TPSA) is 54.0 Å². The summed E-state index contributed by atoms with van der Waals surface area (Å²) in [7, 11) is 1.53. The summed E-state index contributed by atoms with van der Waals surface area (Å²) < 4.78 is 14.7. The molecule has 1 aromatic heterocycles. The first kappa shape index (κ1) is 14.7. The van der Waals surface area contributed by atoms with E-state index in [2.05, 4.69) is 31.5 Å². The minimum absolute atomic E-state index is 0.0199. The third-order valence-corrected chi connectivity index (χ3v) is 3.78. The average molecular weight is 359 g/mol. The number of hydrogen-bond acceptors (Lipinski definition) is 3. The van der Waals surface area contributed by atoms with Gasteiger partial charge in [0.25, 0.3) is 5.91 Å². The molecule has 104 valence electrons. The van der Waals surface area contributed by atoms with E-state index in [0.29, 0.717) is 15.2 Å². The van der Waals surface area contributed by atoms with Crippen LogP contribution in [0.25, 0.3) is 0 Å². The second-order valence-corrected chi connectivity index (χ2v) is 5.12. The number of carbonyl (C=O) groups is 1. The highest BCUT2D eigenvalue weighted by Gasteiger charge is 2.15. The summed E-state index contributed by atoms with van der Waals surface area (Å²) in [6, 6.07) is 6.24. The zero-order valence-electron chi connectivity index (χ0n) is 10.4. The van der Waals surface area contributed by atoms with Gasteiger partial charge in [0.2, 0.25) is 0 Å². The molecule has 2 N–H and O–H groups in total. The molecule has 0 aliphatic carbocycles. The Kier molecular flexibility index (Phi) is 4.57. The van der Waals surface area contributed by atoms with Crippen molar-refractivity contribution < 1.29 is 9.18 Å². The summed E-state index contributed by atoms with van der Waals surface area (Å²) in [5.41, 5.74) is 0.383. The zero-order chi connectivity index (χ0) is 14.7. The van der Waals surface area contributed by atoms with Crippen LogP contribution >= 0.6 is 27.5 Å². The summed E-state index contributed by atoms with van der Waals surface area (Å²) >= 11 is 9.18. The molecule has 7 heteroatoms. The zero-order valence-corrected chi connectivity index (χ0v) is 12.7. The Labute approximate surface area is 128 Å². The Bertz CT molecular complexity index is 666. The molecule has 1 heterocycles. The molecule has 0 aliphatic rings. The Morgan fingerprint density at radius 2 is 2.15 bits per heavy atom. The number of hydrogen-bond donors (Lipinski definition) is 2. The van der Waals surface area contributed by atoms with Gasteiger partial charge in [-0.25, -0.2) is 9.37 Å². The molecule has 0 fully saturated rings. The van der Waals surface area contributed by atoms with Gasteiger partial charge in [-0.05, 0) is 40.2 Å². The van der Waals surface area contributed by atoms with E-state index in [1.165, 1.54) is 19.3 Å². The van der Waals surface area contributed by atoms with Crippen LogP contribution < -0.4 is 10.6 Å². The van der Waals surface area contributed by atoms with Crippen molar-refractivity contribution in [2.24, 2.45) is 0 Å². The van der Waals surface area contributed by atoms with Crippen molar-refractivity contribution in [3.63, 3.8) is 0 Å². The number of nitrogens with one attached hydrogen (secondary N) is 2. The van der Waals surface area contributed by atoms with Gasteiger partial charge in [-0.15, -0.1) is 0 Å². The molecule has 0 spiro atoms. The number of carbonyl (C=O) groups excluding carboxylic acids is 1. The SMILES string of the molecule is CNc1nccc(C(=O)Nc2ccc(Br)c(Cl)c2)c1F. The lowest BCUT2D eigenvalue weighted by Crippen LogP contribution is -2.15. The fraction of sp³-hybridized carbons (Fsp3) is 0.0769. The molecule has 2 aromatic rings. The number of aromatic nitrogens is 1. The van der Waals surface area contributed by atoms with Crippen molar-refractivity contribution in [2.75, 3.05) is 17.7 Å². The predicted octanol–water partition coefficient (Wildman–Crippen LogP) is 3.93. The highest BCUT2D eigenvalue weighted by Crippen LogP contribution is 2.26. The van der Waals surface area contributed by atoms with Crippen LogP contribution in [0.4, 0.5) is 15.9 Å². The van der Waals surface area contributed by atoms with Gasteiger partial charge >= 0.3 is 0 Å². The molecule has 0 saturated carbocycles. The van der Waals surface area contributed by atoms with Gasteiger partial charge < -0.3 is 10.6 Å². The van der Waals surface area contributed by atoms with E-state index < -0.39 is 11.7 Å². The second-order valence-electron chi connectivity index (χ2n) is 3.85. The van der Waals surface area contributed by atoms with Crippen LogP contribution in [-0.4, -0.2) is 17.9 Å². The Hall–Kier alpha value is -1.66. The highest BCUT2D eigenvalue weighted by atomic mass is 79.9. The molecule has 0 unspecified atom stereocenters. The summed E-state index contributed by atoms with van der Waals surface area (Å²) in [4.78, 5) is 15.8. The maximum atomic E-state index is 14.0. The second kappa shape index (κ2) is 6.19. The van der Waals surface area contributed by atoms with Gasteiger partial charge in [-0.2, -0.15) is 0 Å². The lowest BCUT2D eigenvalue weighted by molar-refractivity contribution is 0.102. The van der Waals surface area contributed by atoms with Crippen molar-refractivity contribution in [2.45, 2.75) is 0 Å².